The molecule has 7 nitrogen and oxygen atoms in total. The van der Waals surface area contributed by atoms with Crippen LogP contribution in [0.3, 0.4) is 0 Å². The van der Waals surface area contributed by atoms with Crippen LogP contribution in [0.2, 0.25) is 0 Å². The van der Waals surface area contributed by atoms with Crippen LogP contribution in [0.4, 0.5) is 0 Å². The molecule has 0 aliphatic carbocycles. The van der Waals surface area contributed by atoms with Crippen molar-refractivity contribution in [3.8, 4) is 0 Å². The summed E-state index contributed by atoms with van der Waals surface area (Å²) in [5.74, 6) is -0.525. The number of fused-ring (bicyclic) bond motifs is 1. The van der Waals surface area contributed by atoms with Crippen LogP contribution in [0.15, 0.2) is 15.5 Å². The van der Waals surface area contributed by atoms with Gasteiger partial charge in [0.05, 0.1) is 6.20 Å². The third-order valence-electron chi connectivity index (χ3n) is 1.17. The molecule has 0 aromatic carbocycles. The van der Waals surface area contributed by atoms with Gasteiger partial charge in [0.2, 0.25) is 0 Å². The van der Waals surface area contributed by atoms with Crippen molar-refractivity contribution in [3.63, 3.8) is 0 Å². The Balaban J connectivity index is 2.44. The molecule has 1 amide bonds. The minimum atomic E-state index is -0.709. The quantitative estimate of drug-likeness (QED) is 0.335. The van der Waals surface area contributed by atoms with Gasteiger partial charge in [-0.1, -0.05) is 4.57 Å². The number of amides is 1. The highest BCUT2D eigenvalue weighted by Gasteiger charge is 2.14. The molecule has 7 heteroatoms. The second-order valence-corrected chi connectivity index (χ2v) is 1.83. The van der Waals surface area contributed by atoms with E-state index in [2.05, 4.69) is 14.2 Å². The smallest absolute Gasteiger partial charge is 0.288 e. The number of rotatable bonds is 1. The minimum Gasteiger partial charge on any atom is -0.288 e. The number of hydroxylamine groups is 1. The lowest BCUT2D eigenvalue weighted by molar-refractivity contribution is -0.0704. The topological polar surface area (TPSA) is 92.9 Å². The molecule has 0 fully saturated rings. The summed E-state index contributed by atoms with van der Waals surface area (Å²) >= 11 is 0. The molecule has 2 N–H and O–H groups in total. The Morgan fingerprint density at radius 1 is 1.82 bits per heavy atom. The summed E-state index contributed by atoms with van der Waals surface area (Å²) in [7, 11) is 0. The molecular formula is C4H3N3O4. The van der Waals surface area contributed by atoms with E-state index < -0.39 is 5.91 Å². The van der Waals surface area contributed by atoms with Gasteiger partial charge in [-0.2, -0.15) is 9.67 Å². The summed E-state index contributed by atoms with van der Waals surface area (Å²) in [6.07, 6.45) is 1.28. The summed E-state index contributed by atoms with van der Waals surface area (Å²) in [4.78, 5) is 14.3. The van der Waals surface area contributed by atoms with Crippen LogP contribution in [0.25, 0.3) is 5.84 Å². The SMILES string of the molecule is O=C(NO)c1cn2ooc2n1. The van der Waals surface area contributed by atoms with Crippen LogP contribution in [-0.2, 0) is 0 Å². The van der Waals surface area contributed by atoms with Gasteiger partial charge in [-0.15, -0.1) is 0 Å². The van der Waals surface area contributed by atoms with Crippen molar-refractivity contribution in [3.05, 3.63) is 11.9 Å². The maximum absolute atomic E-state index is 10.7. The van der Waals surface area contributed by atoms with Crippen LogP contribution >= 0.6 is 0 Å². The zero-order valence-electron chi connectivity index (χ0n) is 5.14. The Bertz CT molecular complexity index is 355. The third kappa shape index (κ3) is 0.711. The highest BCUT2D eigenvalue weighted by atomic mass is 17.1. The fourth-order valence-corrected chi connectivity index (χ4v) is 0.668. The second-order valence-electron chi connectivity index (χ2n) is 1.83. The minimum absolute atomic E-state index is 0.0278. The molecule has 58 valence electrons. The van der Waals surface area contributed by atoms with Gasteiger partial charge in [0.1, 0.15) is 0 Å². The fraction of sp³-hybridized carbons (Fsp3) is 0. The average molecular weight is 157 g/mol. The van der Waals surface area contributed by atoms with Gasteiger partial charge in [0.15, 0.2) is 5.69 Å². The van der Waals surface area contributed by atoms with Crippen molar-refractivity contribution in [1.82, 2.24) is 15.0 Å². The Morgan fingerprint density at radius 3 is 3.00 bits per heavy atom. The van der Waals surface area contributed by atoms with E-state index in [1.165, 1.54) is 11.7 Å². The monoisotopic (exact) mass is 157 g/mol. The van der Waals surface area contributed by atoms with Crippen molar-refractivity contribution in [1.29, 1.82) is 0 Å². The number of imidazole rings is 1. The molecule has 0 spiro atoms. The van der Waals surface area contributed by atoms with E-state index in [0.717, 1.165) is 4.57 Å². The van der Waals surface area contributed by atoms with E-state index in [9.17, 15) is 4.79 Å². The largest absolute Gasteiger partial charge is 0.387 e. The first-order chi connectivity index (χ1) is 5.31. The van der Waals surface area contributed by atoms with E-state index >= 15 is 0 Å². The van der Waals surface area contributed by atoms with Crippen molar-refractivity contribution < 1.29 is 19.3 Å². The number of aromatic nitrogens is 2. The molecule has 2 aromatic heterocycles. The fourth-order valence-electron chi connectivity index (χ4n) is 0.668. The lowest BCUT2D eigenvalue weighted by Gasteiger charge is -1.87. The molecule has 0 radical (unpaired) electrons. The Labute approximate surface area is 59.1 Å². The lowest BCUT2D eigenvalue weighted by atomic mass is 10.5. The summed E-state index contributed by atoms with van der Waals surface area (Å²) in [5.41, 5.74) is 1.45. The van der Waals surface area contributed by atoms with Gasteiger partial charge in [0.25, 0.3) is 5.91 Å². The third-order valence-corrected chi connectivity index (χ3v) is 1.17. The summed E-state index contributed by atoms with van der Waals surface area (Å²) < 4.78 is 9.84. The Hall–Kier alpha value is -1.76. The van der Waals surface area contributed by atoms with Gasteiger partial charge >= 0.3 is 5.84 Å². The van der Waals surface area contributed by atoms with E-state index in [-0.39, 0.29) is 11.5 Å². The second kappa shape index (κ2) is 1.86. The van der Waals surface area contributed by atoms with E-state index in [1.54, 1.807) is 0 Å². The van der Waals surface area contributed by atoms with E-state index in [1.807, 2.05) is 0 Å². The predicted molar refractivity (Wildman–Crippen MR) is 29.0 cm³/mol. The molecule has 2 aromatic rings. The molecule has 0 saturated heterocycles. The van der Waals surface area contributed by atoms with Crippen molar-refractivity contribution >= 4 is 11.8 Å². The first-order valence-corrected chi connectivity index (χ1v) is 2.70. The lowest BCUT2D eigenvalue weighted by Crippen LogP contribution is -2.18. The van der Waals surface area contributed by atoms with Crippen LogP contribution in [0, 0.1) is 0 Å². The van der Waals surface area contributed by atoms with Crippen LogP contribution in [-0.4, -0.2) is 20.7 Å². The maximum Gasteiger partial charge on any atom is 0.387 e. The highest BCUT2D eigenvalue weighted by Crippen LogP contribution is 2.06. The van der Waals surface area contributed by atoms with Crippen molar-refractivity contribution in [2.45, 2.75) is 0 Å². The first kappa shape index (κ1) is 5.98. The number of carbonyl (C=O) groups excluding carboxylic acids is 1. The average Bonchev–Trinajstić information content (AvgIpc) is 2.27. The van der Waals surface area contributed by atoms with Gasteiger partial charge in [-0.25, -0.2) is 10.1 Å². The molecule has 0 bridgehead atoms. The van der Waals surface area contributed by atoms with Crippen LogP contribution < -0.4 is 5.48 Å². The number of carbonyl (C=O) groups is 1. The van der Waals surface area contributed by atoms with Gasteiger partial charge < -0.3 is 0 Å². The highest BCUT2D eigenvalue weighted by molar-refractivity contribution is 5.91. The summed E-state index contributed by atoms with van der Waals surface area (Å²) in [6.45, 7) is 0. The zero-order valence-corrected chi connectivity index (χ0v) is 5.14. The van der Waals surface area contributed by atoms with Gasteiger partial charge in [-0.05, 0) is 0 Å². The van der Waals surface area contributed by atoms with Gasteiger partial charge in [0, 0.05) is 0 Å². The molecule has 0 atom stereocenters. The number of hydrogen-bond donors (Lipinski definition) is 2. The molecule has 11 heavy (non-hydrogen) atoms. The first-order valence-electron chi connectivity index (χ1n) is 2.70. The Morgan fingerprint density at radius 2 is 2.64 bits per heavy atom. The summed E-state index contributed by atoms with van der Waals surface area (Å²) in [5, 5.41) is 8.18. The molecule has 2 rings (SSSR count). The van der Waals surface area contributed by atoms with E-state index in [0.29, 0.717) is 0 Å². The number of nitrogens with zero attached hydrogens (tertiary/aromatic N) is 2. The zero-order chi connectivity index (χ0) is 7.84. The molecular weight excluding hydrogens is 154 g/mol. The molecule has 0 aliphatic rings. The number of hydrogen-bond acceptors (Lipinski definition) is 5. The molecule has 0 saturated carbocycles. The summed E-state index contributed by atoms with van der Waals surface area (Å²) in [6, 6.07) is 0. The standard InChI is InChI=1S/C4H3N3O4/c8-3(6-9)2-1-7-4(5-2)10-11-7/h1,9H,(H,6,8). The van der Waals surface area contributed by atoms with Gasteiger partial charge in [-0.3, -0.25) is 10.0 Å². The normalized spacial score (nSPS) is 10.6. The van der Waals surface area contributed by atoms with Crippen molar-refractivity contribution in [2.75, 3.05) is 0 Å². The van der Waals surface area contributed by atoms with Crippen molar-refractivity contribution in [2.24, 2.45) is 0 Å². The molecule has 0 aliphatic heterocycles. The van der Waals surface area contributed by atoms with Crippen LogP contribution in [0.5, 0.6) is 0 Å². The number of nitrogens with one attached hydrogen (secondary N) is 1. The predicted octanol–water partition coefficient (Wildman–Crippen LogP) is -0.361. The molecule has 0 unspecified atom stereocenters. The molecule has 2 heterocycles. The Kier molecular flexibility index (Phi) is 1.01. The van der Waals surface area contributed by atoms with E-state index in [4.69, 9.17) is 5.21 Å². The maximum atomic E-state index is 10.7. The van der Waals surface area contributed by atoms with Crippen LogP contribution in [0.1, 0.15) is 10.5 Å².